The summed E-state index contributed by atoms with van der Waals surface area (Å²) in [5, 5.41) is 8.97. The first-order chi connectivity index (χ1) is 9.73. The Balaban J connectivity index is 2.42. The number of hydrogen-bond donors (Lipinski definition) is 1. The third kappa shape index (κ3) is 6.16. The van der Waals surface area contributed by atoms with E-state index in [0.29, 0.717) is 31.6 Å². The molecular weight excluding hydrogens is 272 g/mol. The van der Waals surface area contributed by atoms with Gasteiger partial charge >= 0.3 is 12.1 Å². The number of aliphatic carboxylic acids is 1. The standard InChI is InChI=1S/C15H26N2O4/c1-5-12(13(18)19)6-7-16-8-10-17(11-9-16)14(20)21-15(2,3)4/h6H,5,7-11H2,1-4H3,(H,18,19). The number of carboxylic acids is 1. The fraction of sp³-hybridized carbons (Fsp3) is 0.733. The summed E-state index contributed by atoms with van der Waals surface area (Å²) in [5.41, 5.74) is -0.0429. The third-order valence-corrected chi connectivity index (χ3v) is 3.28. The Kier molecular flexibility index (Phi) is 6.20. The van der Waals surface area contributed by atoms with Gasteiger partial charge in [-0.25, -0.2) is 9.59 Å². The van der Waals surface area contributed by atoms with E-state index < -0.39 is 11.6 Å². The summed E-state index contributed by atoms with van der Waals surface area (Å²) in [4.78, 5) is 26.7. The van der Waals surface area contributed by atoms with Gasteiger partial charge in [-0.05, 0) is 27.2 Å². The Bertz CT molecular complexity index is 404. The van der Waals surface area contributed by atoms with Crippen LogP contribution in [0.3, 0.4) is 0 Å². The number of carbonyl (C=O) groups excluding carboxylic acids is 1. The van der Waals surface area contributed by atoms with E-state index in [4.69, 9.17) is 9.84 Å². The predicted molar refractivity (Wildman–Crippen MR) is 80.3 cm³/mol. The van der Waals surface area contributed by atoms with Gasteiger partial charge in [-0.2, -0.15) is 0 Å². The Morgan fingerprint density at radius 1 is 1.19 bits per heavy atom. The number of ether oxygens (including phenoxy) is 1. The van der Waals surface area contributed by atoms with Gasteiger partial charge in [0.15, 0.2) is 0 Å². The van der Waals surface area contributed by atoms with E-state index in [1.165, 1.54) is 0 Å². The molecule has 1 amide bonds. The second-order valence-electron chi connectivity index (χ2n) is 6.16. The molecule has 0 atom stereocenters. The maximum Gasteiger partial charge on any atom is 0.410 e. The Morgan fingerprint density at radius 2 is 1.76 bits per heavy atom. The summed E-state index contributed by atoms with van der Waals surface area (Å²) in [6.45, 7) is 10.7. The summed E-state index contributed by atoms with van der Waals surface area (Å²) < 4.78 is 5.34. The number of amides is 1. The normalized spacial score (nSPS) is 17.7. The molecule has 21 heavy (non-hydrogen) atoms. The molecule has 1 rings (SSSR count). The van der Waals surface area contributed by atoms with Crippen LogP contribution >= 0.6 is 0 Å². The molecule has 0 aromatic rings. The Morgan fingerprint density at radius 3 is 2.19 bits per heavy atom. The summed E-state index contributed by atoms with van der Waals surface area (Å²) >= 11 is 0. The number of nitrogens with zero attached hydrogens (tertiary/aromatic N) is 2. The van der Waals surface area contributed by atoms with Crippen molar-refractivity contribution in [3.63, 3.8) is 0 Å². The van der Waals surface area contributed by atoms with Crippen molar-refractivity contribution in [2.24, 2.45) is 0 Å². The van der Waals surface area contributed by atoms with Crippen LogP contribution in [0, 0.1) is 0 Å². The molecule has 1 fully saturated rings. The minimum Gasteiger partial charge on any atom is -0.478 e. The second-order valence-corrected chi connectivity index (χ2v) is 6.16. The first-order valence-electron chi connectivity index (χ1n) is 7.35. The molecule has 0 radical (unpaired) electrons. The van der Waals surface area contributed by atoms with E-state index >= 15 is 0 Å². The predicted octanol–water partition coefficient (Wildman–Crippen LogP) is 1.96. The molecule has 120 valence electrons. The summed E-state index contributed by atoms with van der Waals surface area (Å²) in [5.74, 6) is -0.857. The molecule has 0 spiro atoms. The first-order valence-corrected chi connectivity index (χ1v) is 7.35. The van der Waals surface area contributed by atoms with E-state index in [2.05, 4.69) is 4.90 Å². The monoisotopic (exact) mass is 298 g/mol. The third-order valence-electron chi connectivity index (χ3n) is 3.28. The lowest BCUT2D eigenvalue weighted by Crippen LogP contribution is -2.50. The highest BCUT2D eigenvalue weighted by Gasteiger charge is 2.25. The molecule has 0 unspecified atom stereocenters. The molecule has 1 heterocycles. The van der Waals surface area contributed by atoms with Gasteiger partial charge in [0.2, 0.25) is 0 Å². The van der Waals surface area contributed by atoms with Gasteiger partial charge < -0.3 is 14.7 Å². The van der Waals surface area contributed by atoms with Crippen molar-refractivity contribution in [1.82, 2.24) is 9.80 Å². The van der Waals surface area contributed by atoms with Crippen molar-refractivity contribution in [3.8, 4) is 0 Å². The quantitative estimate of drug-likeness (QED) is 0.803. The maximum absolute atomic E-state index is 11.9. The Hall–Kier alpha value is -1.56. The van der Waals surface area contributed by atoms with Crippen LogP contribution in [0.2, 0.25) is 0 Å². The molecule has 0 bridgehead atoms. The van der Waals surface area contributed by atoms with E-state index in [9.17, 15) is 9.59 Å². The lowest BCUT2D eigenvalue weighted by atomic mass is 10.2. The van der Waals surface area contributed by atoms with Crippen LogP contribution in [0.15, 0.2) is 11.6 Å². The number of carboxylic acid groups (broad SMARTS) is 1. The molecule has 0 aliphatic carbocycles. The molecule has 0 aromatic heterocycles. The molecule has 1 N–H and O–H groups in total. The second kappa shape index (κ2) is 7.45. The van der Waals surface area contributed by atoms with Crippen LogP contribution in [-0.2, 0) is 9.53 Å². The molecule has 1 aliphatic heterocycles. The van der Waals surface area contributed by atoms with Gasteiger partial charge in [-0.1, -0.05) is 13.0 Å². The number of piperazine rings is 1. The van der Waals surface area contributed by atoms with Crippen molar-refractivity contribution >= 4 is 12.1 Å². The van der Waals surface area contributed by atoms with Gasteiger partial charge in [0.25, 0.3) is 0 Å². The van der Waals surface area contributed by atoms with Gasteiger partial charge in [0, 0.05) is 38.3 Å². The van der Waals surface area contributed by atoms with Crippen LogP contribution in [0.4, 0.5) is 4.79 Å². The van der Waals surface area contributed by atoms with Crippen molar-refractivity contribution in [1.29, 1.82) is 0 Å². The van der Waals surface area contributed by atoms with E-state index in [0.717, 1.165) is 13.1 Å². The molecule has 6 nitrogen and oxygen atoms in total. The zero-order valence-electron chi connectivity index (χ0n) is 13.4. The number of hydrogen-bond acceptors (Lipinski definition) is 4. The van der Waals surface area contributed by atoms with Gasteiger partial charge in [-0.15, -0.1) is 0 Å². The van der Waals surface area contributed by atoms with Crippen LogP contribution in [0.5, 0.6) is 0 Å². The van der Waals surface area contributed by atoms with E-state index in [1.807, 2.05) is 27.7 Å². The number of carbonyl (C=O) groups is 2. The minimum atomic E-state index is -0.857. The van der Waals surface area contributed by atoms with Crippen LogP contribution in [0.25, 0.3) is 0 Å². The largest absolute Gasteiger partial charge is 0.478 e. The molecule has 1 saturated heterocycles. The smallest absolute Gasteiger partial charge is 0.410 e. The Labute approximate surface area is 126 Å². The highest BCUT2D eigenvalue weighted by molar-refractivity contribution is 5.86. The summed E-state index contributed by atoms with van der Waals surface area (Å²) in [7, 11) is 0. The lowest BCUT2D eigenvalue weighted by molar-refractivity contribution is -0.132. The first kappa shape index (κ1) is 17.5. The van der Waals surface area contributed by atoms with Gasteiger partial charge in [0.05, 0.1) is 0 Å². The minimum absolute atomic E-state index is 0.280. The van der Waals surface area contributed by atoms with Crippen LogP contribution in [-0.4, -0.2) is 65.3 Å². The number of rotatable bonds is 4. The SMILES string of the molecule is CCC(=CCN1CCN(C(=O)OC(C)(C)C)CC1)C(=O)O. The van der Waals surface area contributed by atoms with Crippen LogP contribution in [0.1, 0.15) is 34.1 Å². The van der Waals surface area contributed by atoms with E-state index in [-0.39, 0.29) is 6.09 Å². The molecule has 0 aromatic carbocycles. The maximum atomic E-state index is 11.9. The van der Waals surface area contributed by atoms with Crippen LogP contribution < -0.4 is 0 Å². The van der Waals surface area contributed by atoms with Gasteiger partial charge in [-0.3, -0.25) is 4.90 Å². The molecular formula is C15H26N2O4. The topological polar surface area (TPSA) is 70.1 Å². The lowest BCUT2D eigenvalue weighted by Gasteiger charge is -2.35. The molecule has 6 heteroatoms. The fourth-order valence-electron chi connectivity index (χ4n) is 2.06. The highest BCUT2D eigenvalue weighted by Crippen LogP contribution is 2.12. The fourth-order valence-corrected chi connectivity index (χ4v) is 2.06. The summed E-state index contributed by atoms with van der Waals surface area (Å²) in [6.07, 6.45) is 2.00. The van der Waals surface area contributed by atoms with Crippen molar-refractivity contribution in [2.75, 3.05) is 32.7 Å². The summed E-state index contributed by atoms with van der Waals surface area (Å²) in [6, 6.07) is 0. The molecule has 1 aliphatic rings. The van der Waals surface area contributed by atoms with Gasteiger partial charge in [0.1, 0.15) is 5.60 Å². The molecule has 0 saturated carbocycles. The van der Waals surface area contributed by atoms with Crippen molar-refractivity contribution < 1.29 is 19.4 Å². The average molecular weight is 298 g/mol. The zero-order chi connectivity index (χ0) is 16.0. The average Bonchev–Trinajstić information content (AvgIpc) is 2.37. The highest BCUT2D eigenvalue weighted by atomic mass is 16.6. The zero-order valence-corrected chi connectivity index (χ0v) is 13.4. The van der Waals surface area contributed by atoms with Crippen molar-refractivity contribution in [3.05, 3.63) is 11.6 Å². The van der Waals surface area contributed by atoms with Crippen molar-refractivity contribution in [2.45, 2.75) is 39.7 Å². The van der Waals surface area contributed by atoms with E-state index in [1.54, 1.807) is 11.0 Å².